The number of benzene rings is 1. The largest absolute Gasteiger partial charge is 0.366 e. The minimum Gasteiger partial charge on any atom is -0.366 e. The molecule has 0 radical (unpaired) electrons. The van der Waals surface area contributed by atoms with Crippen molar-refractivity contribution >= 4 is 45.2 Å². The highest BCUT2D eigenvalue weighted by Gasteiger charge is 2.16. The first-order valence-corrected chi connectivity index (χ1v) is 9.35. The smallest absolute Gasteiger partial charge is 0.254 e. The average molecular weight is 446 g/mol. The fourth-order valence-electron chi connectivity index (χ4n) is 2.84. The van der Waals surface area contributed by atoms with Crippen LogP contribution in [0.3, 0.4) is 0 Å². The molecule has 3 rings (SSSR count). The van der Waals surface area contributed by atoms with Crippen LogP contribution in [-0.4, -0.2) is 37.9 Å². The summed E-state index contributed by atoms with van der Waals surface area (Å²) in [6.45, 7) is 5.38. The Hall–Kier alpha value is -3.01. The summed E-state index contributed by atoms with van der Waals surface area (Å²) < 4.78 is 2.44. The maximum Gasteiger partial charge on any atom is 0.254 e. The van der Waals surface area contributed by atoms with Gasteiger partial charge in [-0.25, -0.2) is 4.98 Å². The first-order valence-electron chi connectivity index (χ1n) is 8.55. The van der Waals surface area contributed by atoms with Crippen molar-refractivity contribution in [3.8, 4) is 0 Å². The summed E-state index contributed by atoms with van der Waals surface area (Å²) in [6, 6.07) is 5.54. The molecule has 0 atom stereocenters. The molecule has 4 N–H and O–H groups in total. The number of carbonyl (C=O) groups is 2. The Morgan fingerprint density at radius 3 is 2.64 bits per heavy atom. The molecule has 28 heavy (non-hydrogen) atoms. The van der Waals surface area contributed by atoms with E-state index in [1.807, 2.05) is 26.0 Å². The van der Waals surface area contributed by atoms with Crippen molar-refractivity contribution in [3.05, 3.63) is 45.2 Å². The molecular formula is C18H20BrN7O2. The number of nitrogens with zero attached hydrogens (tertiary/aromatic N) is 4. The molecule has 0 fully saturated rings. The van der Waals surface area contributed by atoms with Crippen molar-refractivity contribution in [1.29, 1.82) is 0 Å². The molecular weight excluding hydrogens is 426 g/mol. The summed E-state index contributed by atoms with van der Waals surface area (Å²) in [5, 5.41) is 9.49. The normalized spacial score (nSPS) is 10.9. The molecule has 0 bridgehead atoms. The number of anilines is 2. The maximum absolute atomic E-state index is 12.3. The molecule has 0 aliphatic carbocycles. The second-order valence-corrected chi connectivity index (χ2v) is 7.32. The lowest BCUT2D eigenvalue weighted by Crippen LogP contribution is -2.34. The van der Waals surface area contributed by atoms with Crippen LogP contribution in [0.4, 0.5) is 11.6 Å². The van der Waals surface area contributed by atoms with Crippen molar-refractivity contribution in [1.82, 2.24) is 24.9 Å². The number of aromatic nitrogens is 4. The van der Waals surface area contributed by atoms with Gasteiger partial charge in [-0.05, 0) is 44.5 Å². The predicted molar refractivity (Wildman–Crippen MR) is 109 cm³/mol. The first kappa shape index (κ1) is 19.7. The lowest BCUT2D eigenvalue weighted by molar-refractivity contribution is -0.123. The van der Waals surface area contributed by atoms with Gasteiger partial charge in [0.25, 0.3) is 5.78 Å². The average Bonchev–Trinajstić information content (AvgIpc) is 2.99. The Morgan fingerprint density at radius 1 is 1.18 bits per heavy atom. The Balaban J connectivity index is 1.63. The van der Waals surface area contributed by atoms with E-state index in [0.717, 1.165) is 21.3 Å². The number of hydrogen-bond donors (Lipinski definition) is 3. The van der Waals surface area contributed by atoms with E-state index in [2.05, 4.69) is 41.6 Å². The molecule has 10 heteroatoms. The van der Waals surface area contributed by atoms with E-state index in [1.54, 1.807) is 13.0 Å². The topological polar surface area (TPSA) is 127 Å². The quantitative estimate of drug-likeness (QED) is 0.548. The van der Waals surface area contributed by atoms with Gasteiger partial charge in [0.05, 0.1) is 13.0 Å². The van der Waals surface area contributed by atoms with Gasteiger partial charge in [-0.2, -0.15) is 9.50 Å². The van der Waals surface area contributed by atoms with Gasteiger partial charge in [-0.1, -0.05) is 15.9 Å². The highest BCUT2D eigenvalue weighted by atomic mass is 79.9. The second kappa shape index (κ2) is 7.93. The van der Waals surface area contributed by atoms with Crippen molar-refractivity contribution in [2.24, 2.45) is 0 Å². The molecule has 9 nitrogen and oxygen atoms in total. The summed E-state index contributed by atoms with van der Waals surface area (Å²) in [6.07, 6.45) is 0.0744. The summed E-state index contributed by atoms with van der Waals surface area (Å²) in [4.78, 5) is 32.8. The SMILES string of the molecule is Cc1cc(Br)ccc1NC(=O)CNC(=O)Cc1c(C)nc2nc(N)nn2c1C. The monoisotopic (exact) mass is 445 g/mol. The highest BCUT2D eigenvalue weighted by molar-refractivity contribution is 9.10. The van der Waals surface area contributed by atoms with E-state index in [-0.39, 0.29) is 30.7 Å². The van der Waals surface area contributed by atoms with Crippen molar-refractivity contribution in [3.63, 3.8) is 0 Å². The second-order valence-electron chi connectivity index (χ2n) is 6.40. The van der Waals surface area contributed by atoms with Gasteiger partial charge in [0.2, 0.25) is 17.8 Å². The lowest BCUT2D eigenvalue weighted by atomic mass is 10.1. The number of hydrogen-bond acceptors (Lipinski definition) is 6. The van der Waals surface area contributed by atoms with E-state index in [0.29, 0.717) is 17.2 Å². The minimum absolute atomic E-state index is 0.0744. The molecule has 2 amide bonds. The van der Waals surface area contributed by atoms with E-state index in [4.69, 9.17) is 5.73 Å². The van der Waals surface area contributed by atoms with Gasteiger partial charge in [-0.15, -0.1) is 5.10 Å². The fourth-order valence-corrected chi connectivity index (χ4v) is 3.32. The Kier molecular flexibility index (Phi) is 5.59. The molecule has 0 aliphatic rings. The molecule has 0 unspecified atom stereocenters. The third-order valence-electron chi connectivity index (χ3n) is 4.31. The van der Waals surface area contributed by atoms with Gasteiger partial charge < -0.3 is 16.4 Å². The van der Waals surface area contributed by atoms with Gasteiger partial charge in [-0.3, -0.25) is 9.59 Å². The number of halogens is 1. The summed E-state index contributed by atoms with van der Waals surface area (Å²) in [5.41, 5.74) is 9.36. The van der Waals surface area contributed by atoms with E-state index in [1.165, 1.54) is 4.52 Å². The molecule has 2 aromatic heterocycles. The molecule has 146 valence electrons. The molecule has 2 heterocycles. The van der Waals surface area contributed by atoms with Gasteiger partial charge >= 0.3 is 0 Å². The van der Waals surface area contributed by atoms with Crippen LogP contribution in [0.15, 0.2) is 22.7 Å². The van der Waals surface area contributed by atoms with Crippen LogP contribution in [0, 0.1) is 20.8 Å². The number of nitrogens with two attached hydrogens (primary N) is 1. The van der Waals surface area contributed by atoms with Crippen molar-refractivity contribution in [2.75, 3.05) is 17.6 Å². The third kappa shape index (κ3) is 4.28. The maximum atomic E-state index is 12.3. The Bertz CT molecular complexity index is 1080. The molecule has 1 aromatic carbocycles. The number of aryl methyl sites for hydroxylation is 3. The minimum atomic E-state index is -0.301. The first-order chi connectivity index (χ1) is 13.2. The molecule has 0 aliphatic heterocycles. The van der Waals surface area contributed by atoms with Crippen LogP contribution < -0.4 is 16.4 Å². The zero-order chi connectivity index (χ0) is 20.4. The number of amides is 2. The Labute approximate surface area is 169 Å². The van der Waals surface area contributed by atoms with E-state index < -0.39 is 0 Å². The Morgan fingerprint density at radius 2 is 1.93 bits per heavy atom. The fraction of sp³-hybridized carbons (Fsp3) is 0.278. The standard InChI is InChI=1S/C18H20BrN7O2/c1-9-6-12(19)4-5-14(9)23-16(28)8-21-15(27)7-13-10(2)22-18-24-17(20)25-26(18)11(13)3/h4-6H,7-8H2,1-3H3,(H2,20,25)(H,21,27)(H,23,28). The van der Waals surface area contributed by atoms with Gasteiger partial charge in [0, 0.05) is 27.1 Å². The molecule has 3 aromatic rings. The number of nitrogens with one attached hydrogen (secondary N) is 2. The van der Waals surface area contributed by atoms with Crippen LogP contribution in [0.2, 0.25) is 0 Å². The number of fused-ring (bicyclic) bond motifs is 1. The number of nitrogen functional groups attached to an aromatic ring is 1. The number of rotatable bonds is 5. The lowest BCUT2D eigenvalue weighted by Gasteiger charge is -2.12. The van der Waals surface area contributed by atoms with Crippen LogP contribution in [0.1, 0.15) is 22.5 Å². The molecule has 0 spiro atoms. The van der Waals surface area contributed by atoms with Crippen molar-refractivity contribution < 1.29 is 9.59 Å². The van der Waals surface area contributed by atoms with Gasteiger partial charge in [0.1, 0.15) is 0 Å². The summed E-state index contributed by atoms with van der Waals surface area (Å²) >= 11 is 3.38. The zero-order valence-corrected chi connectivity index (χ0v) is 17.3. The van der Waals surface area contributed by atoms with E-state index in [9.17, 15) is 9.59 Å². The van der Waals surface area contributed by atoms with Crippen LogP contribution in [-0.2, 0) is 16.0 Å². The van der Waals surface area contributed by atoms with Gasteiger partial charge in [0.15, 0.2) is 0 Å². The van der Waals surface area contributed by atoms with Crippen LogP contribution in [0.25, 0.3) is 5.78 Å². The van der Waals surface area contributed by atoms with E-state index >= 15 is 0 Å². The van der Waals surface area contributed by atoms with Crippen LogP contribution in [0.5, 0.6) is 0 Å². The van der Waals surface area contributed by atoms with Crippen molar-refractivity contribution in [2.45, 2.75) is 27.2 Å². The predicted octanol–water partition coefficient (Wildman–Crippen LogP) is 1.69. The van der Waals surface area contributed by atoms with Crippen LogP contribution >= 0.6 is 15.9 Å². The number of carbonyl (C=O) groups excluding carboxylic acids is 2. The molecule has 0 saturated carbocycles. The highest BCUT2D eigenvalue weighted by Crippen LogP contribution is 2.20. The zero-order valence-electron chi connectivity index (χ0n) is 15.7. The summed E-state index contributed by atoms with van der Waals surface area (Å²) in [5.74, 6) is -0.0784. The third-order valence-corrected chi connectivity index (χ3v) is 4.80. The summed E-state index contributed by atoms with van der Waals surface area (Å²) in [7, 11) is 0. The molecule has 0 saturated heterocycles.